The van der Waals surface area contributed by atoms with Crippen molar-refractivity contribution in [3.05, 3.63) is 64.7 Å². The third-order valence-corrected chi connectivity index (χ3v) is 7.81. The Hall–Kier alpha value is -3.55. The molecule has 236 valence electrons. The van der Waals surface area contributed by atoms with Gasteiger partial charge >= 0.3 is 17.9 Å². The maximum Gasteiger partial charge on any atom is 0.336 e. The molecule has 0 bridgehead atoms. The Morgan fingerprint density at radius 3 is 1.95 bits per heavy atom. The molecule has 2 aromatic rings. The Labute approximate surface area is 251 Å². The summed E-state index contributed by atoms with van der Waals surface area (Å²) in [6.45, 7) is 9.23. The van der Waals surface area contributed by atoms with Gasteiger partial charge in [0.2, 0.25) is 0 Å². The van der Waals surface area contributed by atoms with Crippen molar-refractivity contribution in [1.29, 1.82) is 0 Å². The van der Waals surface area contributed by atoms with E-state index in [-0.39, 0.29) is 0 Å². The number of methoxy groups -OCH3 is 1. The molecule has 0 spiro atoms. The molecule has 12 nitrogen and oxygen atoms in total. The van der Waals surface area contributed by atoms with Crippen LogP contribution in [0.15, 0.2) is 42.5 Å². The second-order valence-corrected chi connectivity index (χ2v) is 11.2. The minimum absolute atomic E-state index is 0.703. The lowest BCUT2D eigenvalue weighted by Crippen LogP contribution is -2.42. The highest BCUT2D eigenvalue weighted by Crippen LogP contribution is 2.33. The fourth-order valence-corrected chi connectivity index (χ4v) is 5.26. The standard InChI is InChI=1S/C25H34N2O3.C6H8O7/c1-20-3-6-23(7-4-20)25(28)9-11-26(12-10-25)18-21-5-8-24(29-2)22(17-21)19-27-13-15-30-16-14-27;7-3(8)1-6(13,5(11)12)2-4(9)10/h3-8,17,28H,9-16,18-19H2,1-2H3;13H,1-2H2,(H,7,8)(H,9,10)(H,11,12). The zero-order valence-corrected chi connectivity index (χ0v) is 24.7. The maximum absolute atomic E-state index is 11.2. The molecule has 2 aromatic carbocycles. The quantitative estimate of drug-likeness (QED) is 0.253. The van der Waals surface area contributed by atoms with Crippen molar-refractivity contribution < 1.29 is 49.4 Å². The van der Waals surface area contributed by atoms with Crippen molar-refractivity contribution in [3.8, 4) is 5.75 Å². The van der Waals surface area contributed by atoms with E-state index in [9.17, 15) is 19.5 Å². The highest BCUT2D eigenvalue weighted by molar-refractivity contribution is 5.88. The van der Waals surface area contributed by atoms with Crippen LogP contribution in [0, 0.1) is 6.92 Å². The summed E-state index contributed by atoms with van der Waals surface area (Å²) in [7, 11) is 1.74. The van der Waals surface area contributed by atoms with Crippen LogP contribution in [-0.2, 0) is 37.8 Å². The number of hydrogen-bond acceptors (Lipinski definition) is 9. The number of hydrogen-bond donors (Lipinski definition) is 5. The summed E-state index contributed by atoms with van der Waals surface area (Å²) < 4.78 is 11.1. The SMILES string of the molecule is COc1ccc(CN2CCC(O)(c3ccc(C)cc3)CC2)cc1CN1CCOCC1.O=C(O)CC(O)(CC(=O)O)C(=O)O. The number of carboxylic acid groups (broad SMARTS) is 3. The average Bonchev–Trinajstić information content (AvgIpc) is 2.95. The van der Waals surface area contributed by atoms with Crippen molar-refractivity contribution in [2.24, 2.45) is 0 Å². The summed E-state index contributed by atoms with van der Waals surface area (Å²) in [6, 6.07) is 14.9. The number of aliphatic carboxylic acids is 3. The highest BCUT2D eigenvalue weighted by Gasteiger charge is 2.40. The first-order valence-electron chi connectivity index (χ1n) is 14.2. The molecule has 0 aliphatic carbocycles. The van der Waals surface area contributed by atoms with Gasteiger partial charge in [0.1, 0.15) is 5.75 Å². The first-order chi connectivity index (χ1) is 20.3. The molecule has 2 saturated heterocycles. The molecule has 12 heteroatoms. The van der Waals surface area contributed by atoms with Gasteiger partial charge in [-0.3, -0.25) is 19.4 Å². The zero-order valence-electron chi connectivity index (χ0n) is 24.7. The number of piperidine rings is 1. The number of ether oxygens (including phenoxy) is 2. The molecule has 0 radical (unpaired) electrons. The largest absolute Gasteiger partial charge is 0.496 e. The molecule has 2 aliphatic rings. The van der Waals surface area contributed by atoms with Gasteiger partial charge in [0.15, 0.2) is 5.60 Å². The topological polar surface area (TPSA) is 177 Å². The molecule has 2 aliphatic heterocycles. The normalized spacial score (nSPS) is 17.4. The van der Waals surface area contributed by atoms with E-state index in [4.69, 9.17) is 29.9 Å². The van der Waals surface area contributed by atoms with Crippen LogP contribution in [0.4, 0.5) is 0 Å². The summed E-state index contributed by atoms with van der Waals surface area (Å²) in [6.07, 6.45) is -0.747. The molecule has 0 saturated carbocycles. The third kappa shape index (κ3) is 10.0. The maximum atomic E-state index is 11.2. The molecule has 4 rings (SSSR count). The van der Waals surface area contributed by atoms with Gasteiger partial charge in [0, 0.05) is 44.8 Å². The van der Waals surface area contributed by atoms with Gasteiger partial charge in [0.25, 0.3) is 0 Å². The summed E-state index contributed by atoms with van der Waals surface area (Å²) in [5, 5.41) is 45.0. The van der Waals surface area contributed by atoms with Crippen molar-refractivity contribution >= 4 is 17.9 Å². The summed E-state index contributed by atoms with van der Waals surface area (Å²) in [5.74, 6) is -4.06. The zero-order chi connectivity index (χ0) is 31.6. The van der Waals surface area contributed by atoms with E-state index in [1.807, 2.05) is 0 Å². The lowest BCUT2D eigenvalue weighted by Gasteiger charge is -2.38. The number of carboxylic acids is 3. The molecule has 43 heavy (non-hydrogen) atoms. The summed E-state index contributed by atoms with van der Waals surface area (Å²) >= 11 is 0. The van der Waals surface area contributed by atoms with Gasteiger partial charge in [-0.15, -0.1) is 0 Å². The van der Waals surface area contributed by atoms with Crippen LogP contribution in [0.1, 0.15) is 47.9 Å². The number of nitrogens with zero attached hydrogens (tertiary/aromatic N) is 2. The van der Waals surface area contributed by atoms with Crippen LogP contribution in [0.25, 0.3) is 0 Å². The van der Waals surface area contributed by atoms with Crippen molar-refractivity contribution in [1.82, 2.24) is 9.80 Å². The number of likely N-dealkylation sites (tertiary alicyclic amines) is 1. The predicted octanol–water partition coefficient (Wildman–Crippen LogP) is 2.07. The smallest absolute Gasteiger partial charge is 0.336 e. The van der Waals surface area contributed by atoms with Crippen molar-refractivity contribution in [3.63, 3.8) is 0 Å². The average molecular weight is 603 g/mol. The van der Waals surface area contributed by atoms with Crippen molar-refractivity contribution in [2.45, 2.75) is 56.9 Å². The molecule has 0 atom stereocenters. The van der Waals surface area contributed by atoms with Gasteiger partial charge in [-0.2, -0.15) is 0 Å². The van der Waals surface area contributed by atoms with Crippen LogP contribution < -0.4 is 4.74 Å². The number of morpholine rings is 1. The number of carbonyl (C=O) groups is 3. The molecule has 0 amide bonds. The van der Waals surface area contributed by atoms with E-state index in [1.54, 1.807) is 7.11 Å². The van der Waals surface area contributed by atoms with Crippen LogP contribution in [0.5, 0.6) is 5.75 Å². The number of aliphatic hydroxyl groups is 2. The minimum Gasteiger partial charge on any atom is -0.496 e. The van der Waals surface area contributed by atoms with E-state index >= 15 is 0 Å². The van der Waals surface area contributed by atoms with Crippen LogP contribution in [0.3, 0.4) is 0 Å². The van der Waals surface area contributed by atoms with E-state index in [0.717, 1.165) is 76.6 Å². The van der Waals surface area contributed by atoms with Crippen LogP contribution >= 0.6 is 0 Å². The molecule has 0 unspecified atom stereocenters. The lowest BCUT2D eigenvalue weighted by atomic mass is 9.84. The number of aryl methyl sites for hydroxylation is 1. The van der Waals surface area contributed by atoms with Gasteiger partial charge in [0.05, 0.1) is 38.8 Å². The van der Waals surface area contributed by atoms with Gasteiger partial charge in [-0.1, -0.05) is 35.9 Å². The van der Waals surface area contributed by atoms with E-state index in [2.05, 4.69) is 59.2 Å². The molecular formula is C31H42N2O10. The Balaban J connectivity index is 0.000000331. The molecule has 2 heterocycles. The third-order valence-electron chi connectivity index (χ3n) is 7.81. The Bertz CT molecular complexity index is 1220. The second kappa shape index (κ2) is 15.3. The highest BCUT2D eigenvalue weighted by atomic mass is 16.5. The minimum atomic E-state index is -2.74. The second-order valence-electron chi connectivity index (χ2n) is 11.2. The monoisotopic (exact) mass is 602 g/mol. The number of benzene rings is 2. The molecular weight excluding hydrogens is 560 g/mol. The molecule has 0 aromatic heterocycles. The fourth-order valence-electron chi connectivity index (χ4n) is 5.26. The van der Waals surface area contributed by atoms with Crippen LogP contribution in [0.2, 0.25) is 0 Å². The first-order valence-corrected chi connectivity index (χ1v) is 14.2. The predicted molar refractivity (Wildman–Crippen MR) is 156 cm³/mol. The first kappa shape index (κ1) is 33.9. The van der Waals surface area contributed by atoms with E-state index < -0.39 is 42.0 Å². The van der Waals surface area contributed by atoms with Crippen LogP contribution in [-0.4, -0.2) is 105 Å². The molecule has 5 N–H and O–H groups in total. The van der Waals surface area contributed by atoms with Gasteiger partial charge in [-0.25, -0.2) is 4.79 Å². The summed E-state index contributed by atoms with van der Waals surface area (Å²) in [4.78, 5) is 35.4. The van der Waals surface area contributed by atoms with Crippen molar-refractivity contribution in [2.75, 3.05) is 46.5 Å². The van der Waals surface area contributed by atoms with Gasteiger partial charge < -0.3 is 35.0 Å². The van der Waals surface area contributed by atoms with Gasteiger partial charge in [-0.05, 0) is 43.0 Å². The lowest BCUT2D eigenvalue weighted by molar-refractivity contribution is -0.170. The molecule has 2 fully saturated rings. The Morgan fingerprint density at radius 1 is 0.884 bits per heavy atom. The van der Waals surface area contributed by atoms with E-state index in [1.165, 1.54) is 16.7 Å². The van der Waals surface area contributed by atoms with E-state index in [0.29, 0.717) is 0 Å². The summed E-state index contributed by atoms with van der Waals surface area (Å²) in [5.41, 5.74) is 1.38. The Kier molecular flexibility index (Phi) is 12.0. The Morgan fingerprint density at radius 2 is 1.44 bits per heavy atom. The number of rotatable bonds is 11. The fraction of sp³-hybridized carbons (Fsp3) is 0.516.